The van der Waals surface area contributed by atoms with E-state index >= 15 is 0 Å². The molecule has 0 fully saturated rings. The molecule has 2 aromatic carbocycles. The first-order valence-corrected chi connectivity index (χ1v) is 7.46. The first-order valence-electron chi connectivity index (χ1n) is 6.14. The molecule has 2 rings (SSSR count). The van der Waals surface area contributed by atoms with E-state index in [9.17, 15) is 13.4 Å². The minimum Gasteiger partial charge on any atom is -0.351 e. The highest BCUT2D eigenvalue weighted by Crippen LogP contribution is 2.05. The van der Waals surface area contributed by atoms with Crippen molar-refractivity contribution in [1.82, 2.24) is 5.32 Å². The number of rotatable bonds is 5. The van der Waals surface area contributed by atoms with Gasteiger partial charge in [0.05, 0.1) is 10.8 Å². The maximum atomic E-state index is 12.7. The second-order valence-electron chi connectivity index (χ2n) is 4.13. The molecule has 3 nitrogen and oxygen atoms in total. The maximum absolute atomic E-state index is 12.7. The average molecular weight is 291 g/mol. The lowest BCUT2D eigenvalue weighted by atomic mass is 10.2. The molecule has 0 aliphatic carbocycles. The van der Waals surface area contributed by atoms with E-state index in [1.165, 1.54) is 24.3 Å². The Kier molecular flexibility index (Phi) is 5.01. The van der Waals surface area contributed by atoms with Gasteiger partial charge in [-0.1, -0.05) is 18.2 Å². The van der Waals surface area contributed by atoms with Crippen LogP contribution in [0.4, 0.5) is 4.39 Å². The molecular formula is C15H14FNO2S. The number of hydrogen-bond acceptors (Lipinski definition) is 2. The van der Waals surface area contributed by atoms with Gasteiger partial charge >= 0.3 is 0 Å². The average Bonchev–Trinajstić information content (AvgIpc) is 2.48. The number of hydrogen-bond donors (Lipinski definition) is 1. The van der Waals surface area contributed by atoms with Gasteiger partial charge in [-0.3, -0.25) is 9.00 Å². The zero-order valence-electron chi connectivity index (χ0n) is 10.7. The van der Waals surface area contributed by atoms with Gasteiger partial charge in [-0.2, -0.15) is 0 Å². The molecule has 2 aromatic rings. The van der Waals surface area contributed by atoms with E-state index in [0.29, 0.717) is 17.9 Å². The van der Waals surface area contributed by atoms with Crippen LogP contribution in [-0.4, -0.2) is 22.4 Å². The molecule has 0 bridgehead atoms. The topological polar surface area (TPSA) is 46.2 Å². The summed E-state index contributed by atoms with van der Waals surface area (Å²) in [6, 6.07) is 14.4. The molecule has 20 heavy (non-hydrogen) atoms. The van der Waals surface area contributed by atoms with Crippen LogP contribution in [0.2, 0.25) is 0 Å². The number of halogens is 1. The first kappa shape index (κ1) is 14.4. The van der Waals surface area contributed by atoms with Crippen molar-refractivity contribution in [3.8, 4) is 0 Å². The lowest BCUT2D eigenvalue weighted by Gasteiger charge is -2.05. The van der Waals surface area contributed by atoms with Gasteiger partial charge in [-0.05, 0) is 36.4 Å². The molecule has 0 aromatic heterocycles. The van der Waals surface area contributed by atoms with Gasteiger partial charge in [-0.25, -0.2) is 4.39 Å². The number of carbonyl (C=O) groups is 1. The van der Waals surface area contributed by atoms with E-state index in [1.54, 1.807) is 12.1 Å². The summed E-state index contributed by atoms with van der Waals surface area (Å²) in [5.74, 6) is -0.335. The van der Waals surface area contributed by atoms with Gasteiger partial charge in [0, 0.05) is 22.8 Å². The zero-order chi connectivity index (χ0) is 14.4. The Labute approximate surface area is 119 Å². The molecule has 5 heteroatoms. The zero-order valence-corrected chi connectivity index (χ0v) is 11.5. The second-order valence-corrected chi connectivity index (χ2v) is 5.70. The molecule has 0 aliphatic heterocycles. The Hall–Kier alpha value is -2.01. The molecule has 0 spiro atoms. The highest BCUT2D eigenvalue weighted by atomic mass is 32.2. The predicted molar refractivity (Wildman–Crippen MR) is 76.5 cm³/mol. The standard InChI is InChI=1S/C15H14FNO2S/c16-13-8-6-12(7-9-13)15(18)17-10-11-20(19)14-4-2-1-3-5-14/h1-9H,10-11H2,(H,17,18). The minimum atomic E-state index is -1.13. The summed E-state index contributed by atoms with van der Waals surface area (Å²) in [6.45, 7) is 0.303. The summed E-state index contributed by atoms with van der Waals surface area (Å²) in [4.78, 5) is 12.5. The second kappa shape index (κ2) is 6.96. The van der Waals surface area contributed by atoms with Crippen LogP contribution in [0.3, 0.4) is 0 Å². The van der Waals surface area contributed by atoms with E-state index < -0.39 is 10.8 Å². The van der Waals surface area contributed by atoms with Crippen LogP contribution in [0.25, 0.3) is 0 Å². The van der Waals surface area contributed by atoms with E-state index in [2.05, 4.69) is 5.32 Å². The van der Waals surface area contributed by atoms with Gasteiger partial charge in [0.15, 0.2) is 0 Å². The van der Waals surface area contributed by atoms with Gasteiger partial charge in [0.1, 0.15) is 5.82 Å². The predicted octanol–water partition coefficient (Wildman–Crippen LogP) is 2.36. The Morgan fingerprint density at radius 3 is 2.35 bits per heavy atom. The Balaban J connectivity index is 1.83. The van der Waals surface area contributed by atoms with Crippen LogP contribution in [-0.2, 0) is 10.8 Å². The lowest BCUT2D eigenvalue weighted by molar-refractivity contribution is 0.0956. The van der Waals surface area contributed by atoms with Gasteiger partial charge in [-0.15, -0.1) is 0 Å². The van der Waals surface area contributed by atoms with Crippen molar-refractivity contribution in [2.45, 2.75) is 4.90 Å². The molecule has 0 heterocycles. The van der Waals surface area contributed by atoms with Crippen LogP contribution in [0.1, 0.15) is 10.4 Å². The lowest BCUT2D eigenvalue weighted by Crippen LogP contribution is -2.27. The SMILES string of the molecule is O=C(NCCS(=O)c1ccccc1)c1ccc(F)cc1. The fourth-order valence-electron chi connectivity index (χ4n) is 1.65. The number of carbonyl (C=O) groups excluding carboxylic acids is 1. The van der Waals surface area contributed by atoms with Crippen LogP contribution in [0.15, 0.2) is 59.5 Å². The highest BCUT2D eigenvalue weighted by molar-refractivity contribution is 7.85. The summed E-state index contributed by atoms with van der Waals surface area (Å²) in [5.41, 5.74) is 0.386. The molecule has 0 aliphatic rings. The van der Waals surface area contributed by atoms with Crippen LogP contribution >= 0.6 is 0 Å². The smallest absolute Gasteiger partial charge is 0.251 e. The quantitative estimate of drug-likeness (QED) is 0.919. The molecular weight excluding hydrogens is 277 g/mol. The first-order chi connectivity index (χ1) is 9.66. The van der Waals surface area contributed by atoms with Crippen molar-refractivity contribution >= 4 is 16.7 Å². The third-order valence-electron chi connectivity index (χ3n) is 2.69. The Morgan fingerprint density at radius 1 is 1.05 bits per heavy atom. The largest absolute Gasteiger partial charge is 0.351 e. The summed E-state index contributed by atoms with van der Waals surface area (Å²) >= 11 is 0. The van der Waals surface area contributed by atoms with Crippen molar-refractivity contribution in [3.63, 3.8) is 0 Å². The normalized spacial score (nSPS) is 11.8. The van der Waals surface area contributed by atoms with E-state index in [-0.39, 0.29) is 11.7 Å². The highest BCUT2D eigenvalue weighted by Gasteiger charge is 2.07. The molecule has 1 amide bonds. The maximum Gasteiger partial charge on any atom is 0.251 e. The summed E-state index contributed by atoms with van der Waals surface area (Å²) in [5, 5.41) is 2.66. The van der Waals surface area contributed by atoms with Crippen molar-refractivity contribution in [1.29, 1.82) is 0 Å². The van der Waals surface area contributed by atoms with Crippen LogP contribution < -0.4 is 5.32 Å². The summed E-state index contributed by atoms with van der Waals surface area (Å²) in [6.07, 6.45) is 0. The molecule has 1 atom stereocenters. The van der Waals surface area contributed by atoms with Crippen molar-refractivity contribution in [2.75, 3.05) is 12.3 Å². The molecule has 104 valence electrons. The van der Waals surface area contributed by atoms with Crippen LogP contribution in [0.5, 0.6) is 0 Å². The van der Waals surface area contributed by atoms with E-state index in [1.807, 2.05) is 18.2 Å². The molecule has 1 unspecified atom stereocenters. The molecule has 0 radical (unpaired) electrons. The van der Waals surface area contributed by atoms with Crippen molar-refractivity contribution in [2.24, 2.45) is 0 Å². The van der Waals surface area contributed by atoms with Crippen LogP contribution in [0, 0.1) is 5.82 Å². The van der Waals surface area contributed by atoms with Crippen molar-refractivity contribution in [3.05, 3.63) is 66.0 Å². The Morgan fingerprint density at radius 2 is 1.70 bits per heavy atom. The third-order valence-corrected chi connectivity index (χ3v) is 4.06. The van der Waals surface area contributed by atoms with Gasteiger partial charge < -0.3 is 5.32 Å². The molecule has 0 saturated heterocycles. The van der Waals surface area contributed by atoms with Gasteiger partial charge in [0.2, 0.25) is 0 Å². The number of benzene rings is 2. The summed E-state index contributed by atoms with van der Waals surface area (Å²) < 4.78 is 24.6. The Bertz CT molecular complexity index is 599. The number of nitrogens with one attached hydrogen (secondary N) is 1. The molecule has 0 saturated carbocycles. The van der Waals surface area contributed by atoms with E-state index in [0.717, 1.165) is 4.90 Å². The minimum absolute atomic E-state index is 0.296. The fraction of sp³-hybridized carbons (Fsp3) is 0.133. The van der Waals surface area contributed by atoms with E-state index in [4.69, 9.17) is 0 Å². The number of amides is 1. The monoisotopic (exact) mass is 291 g/mol. The fourth-order valence-corrected chi connectivity index (χ4v) is 2.63. The summed E-state index contributed by atoms with van der Waals surface area (Å²) in [7, 11) is -1.13. The van der Waals surface area contributed by atoms with Gasteiger partial charge in [0.25, 0.3) is 5.91 Å². The van der Waals surface area contributed by atoms with Crippen molar-refractivity contribution < 1.29 is 13.4 Å². The third kappa shape index (κ3) is 3.99. The molecule has 1 N–H and O–H groups in total.